The highest BCUT2D eigenvalue weighted by Crippen LogP contribution is 2.20. The Morgan fingerprint density at radius 3 is 2.43 bits per heavy atom. The zero-order valence-electron chi connectivity index (χ0n) is 12.0. The Hall–Kier alpha value is -2.68. The number of hydrogen-bond acceptors (Lipinski definition) is 3. The smallest absolute Gasteiger partial charge is 0.363 e. The summed E-state index contributed by atoms with van der Waals surface area (Å²) in [4.78, 5) is 16.2. The second kappa shape index (κ2) is 5.37. The fraction of sp³-hybridized carbons (Fsp3) is 0.111. The first-order chi connectivity index (χ1) is 10.1. The lowest BCUT2D eigenvalue weighted by Crippen LogP contribution is -2.05. The molecule has 104 valence electrons. The van der Waals surface area contributed by atoms with E-state index in [4.69, 9.17) is 4.74 Å². The van der Waals surface area contributed by atoms with Crippen molar-refractivity contribution in [1.82, 2.24) is 0 Å². The number of aliphatic imine (C=N–C) groups is 1. The van der Waals surface area contributed by atoms with Gasteiger partial charge in [0.05, 0.1) is 0 Å². The standard InChI is InChI=1S/C18H15NO2/c1-12-5-3-7-14(9-12)11-16-18(20)21-17(19-16)15-8-4-6-13(2)10-15/h3-11H,1-2H3. The number of carbonyl (C=O) groups is 1. The second-order valence-corrected chi connectivity index (χ2v) is 5.12. The van der Waals surface area contributed by atoms with Crippen molar-refractivity contribution >= 4 is 17.9 Å². The van der Waals surface area contributed by atoms with Crippen LogP contribution < -0.4 is 0 Å². The van der Waals surface area contributed by atoms with Gasteiger partial charge in [-0.05, 0) is 37.6 Å². The number of esters is 1. The lowest BCUT2D eigenvalue weighted by molar-refractivity contribution is -0.129. The third kappa shape index (κ3) is 2.92. The summed E-state index contributed by atoms with van der Waals surface area (Å²) in [5, 5.41) is 0. The van der Waals surface area contributed by atoms with Crippen molar-refractivity contribution in [2.45, 2.75) is 13.8 Å². The van der Waals surface area contributed by atoms with Crippen LogP contribution in [0.15, 0.2) is 59.2 Å². The van der Waals surface area contributed by atoms with Gasteiger partial charge in [0.25, 0.3) is 0 Å². The van der Waals surface area contributed by atoms with Crippen molar-refractivity contribution in [2.24, 2.45) is 4.99 Å². The number of cyclic esters (lactones) is 1. The van der Waals surface area contributed by atoms with E-state index in [-0.39, 0.29) is 0 Å². The van der Waals surface area contributed by atoms with Crippen molar-refractivity contribution in [2.75, 3.05) is 0 Å². The number of nitrogens with zero attached hydrogens (tertiary/aromatic N) is 1. The summed E-state index contributed by atoms with van der Waals surface area (Å²) in [5.41, 5.74) is 4.32. The van der Waals surface area contributed by atoms with Gasteiger partial charge in [0.1, 0.15) is 0 Å². The first-order valence-corrected chi connectivity index (χ1v) is 6.78. The van der Waals surface area contributed by atoms with Gasteiger partial charge in [-0.1, -0.05) is 47.5 Å². The summed E-state index contributed by atoms with van der Waals surface area (Å²) in [6, 6.07) is 15.6. The zero-order valence-corrected chi connectivity index (χ0v) is 12.0. The number of carbonyl (C=O) groups excluding carboxylic acids is 1. The van der Waals surface area contributed by atoms with Gasteiger partial charge in [0, 0.05) is 5.56 Å². The first-order valence-electron chi connectivity index (χ1n) is 6.78. The lowest BCUT2D eigenvalue weighted by Gasteiger charge is -1.99. The monoisotopic (exact) mass is 277 g/mol. The van der Waals surface area contributed by atoms with E-state index in [1.807, 2.05) is 62.4 Å². The van der Waals surface area contributed by atoms with E-state index >= 15 is 0 Å². The summed E-state index contributed by atoms with van der Waals surface area (Å²) < 4.78 is 5.26. The second-order valence-electron chi connectivity index (χ2n) is 5.12. The van der Waals surface area contributed by atoms with Crippen molar-refractivity contribution in [3.8, 4) is 0 Å². The van der Waals surface area contributed by atoms with Crippen LogP contribution >= 0.6 is 0 Å². The van der Waals surface area contributed by atoms with E-state index in [0.29, 0.717) is 11.6 Å². The normalized spacial score (nSPS) is 16.0. The number of hydrogen-bond donors (Lipinski definition) is 0. The molecule has 2 aromatic carbocycles. The van der Waals surface area contributed by atoms with Crippen LogP contribution in [-0.4, -0.2) is 11.9 Å². The molecule has 1 aliphatic rings. The topological polar surface area (TPSA) is 38.7 Å². The zero-order chi connectivity index (χ0) is 14.8. The molecule has 21 heavy (non-hydrogen) atoms. The minimum absolute atomic E-state index is 0.331. The largest absolute Gasteiger partial charge is 0.402 e. The maximum Gasteiger partial charge on any atom is 0.363 e. The first kappa shape index (κ1) is 13.3. The van der Waals surface area contributed by atoms with Gasteiger partial charge in [0.2, 0.25) is 5.90 Å². The maximum absolute atomic E-state index is 11.9. The molecule has 1 aliphatic heterocycles. The molecule has 0 aromatic heterocycles. The molecule has 0 amide bonds. The van der Waals surface area contributed by atoms with E-state index in [0.717, 1.165) is 22.3 Å². The Labute approximate surface area is 123 Å². The van der Waals surface area contributed by atoms with E-state index < -0.39 is 5.97 Å². The molecule has 3 rings (SSSR count). The fourth-order valence-corrected chi connectivity index (χ4v) is 2.23. The van der Waals surface area contributed by atoms with E-state index in [2.05, 4.69) is 4.99 Å². The van der Waals surface area contributed by atoms with Gasteiger partial charge < -0.3 is 4.74 Å². The molecule has 1 heterocycles. The van der Waals surface area contributed by atoms with Crippen LogP contribution in [0.3, 0.4) is 0 Å². The molecule has 2 aromatic rings. The van der Waals surface area contributed by atoms with Gasteiger partial charge in [0.15, 0.2) is 5.70 Å². The Morgan fingerprint density at radius 1 is 1.00 bits per heavy atom. The van der Waals surface area contributed by atoms with E-state index in [9.17, 15) is 4.79 Å². The van der Waals surface area contributed by atoms with Gasteiger partial charge in [-0.15, -0.1) is 0 Å². The minimum Gasteiger partial charge on any atom is -0.402 e. The van der Waals surface area contributed by atoms with Crippen LogP contribution in [0.5, 0.6) is 0 Å². The van der Waals surface area contributed by atoms with Crippen molar-refractivity contribution in [3.63, 3.8) is 0 Å². The van der Waals surface area contributed by atoms with Crippen molar-refractivity contribution < 1.29 is 9.53 Å². The quantitative estimate of drug-likeness (QED) is 0.621. The van der Waals surface area contributed by atoms with Crippen LogP contribution in [-0.2, 0) is 9.53 Å². The van der Waals surface area contributed by atoms with Crippen LogP contribution in [0.25, 0.3) is 6.08 Å². The van der Waals surface area contributed by atoms with Gasteiger partial charge >= 0.3 is 5.97 Å². The number of rotatable bonds is 2. The molecule has 0 atom stereocenters. The molecule has 0 N–H and O–H groups in total. The molecule has 3 heteroatoms. The average Bonchev–Trinajstić information content (AvgIpc) is 2.80. The molecule has 0 saturated heterocycles. The van der Waals surface area contributed by atoms with Crippen LogP contribution in [0.4, 0.5) is 0 Å². The molecule has 0 spiro atoms. The maximum atomic E-state index is 11.9. The summed E-state index contributed by atoms with van der Waals surface area (Å²) in [6.45, 7) is 4.00. The molecule has 0 aliphatic carbocycles. The highest BCUT2D eigenvalue weighted by molar-refractivity contribution is 6.12. The molecule has 0 unspecified atom stereocenters. The predicted molar refractivity (Wildman–Crippen MR) is 83.0 cm³/mol. The molecule has 0 bridgehead atoms. The predicted octanol–water partition coefficient (Wildman–Crippen LogP) is 3.65. The summed E-state index contributed by atoms with van der Waals surface area (Å²) in [6.07, 6.45) is 1.75. The third-order valence-corrected chi connectivity index (χ3v) is 3.23. The van der Waals surface area contributed by atoms with Gasteiger partial charge in [-0.3, -0.25) is 0 Å². The number of ether oxygens (including phenoxy) is 1. The van der Waals surface area contributed by atoms with E-state index in [1.54, 1.807) is 6.08 Å². The Kier molecular flexibility index (Phi) is 3.40. The molecule has 3 nitrogen and oxygen atoms in total. The SMILES string of the molecule is Cc1cccc(C=C2N=C(c3cccc(C)c3)OC2=O)c1. The lowest BCUT2D eigenvalue weighted by atomic mass is 10.1. The Balaban J connectivity index is 1.95. The molecule has 0 saturated carbocycles. The number of aryl methyl sites for hydroxylation is 2. The Bertz CT molecular complexity index is 772. The summed E-state index contributed by atoms with van der Waals surface area (Å²) in [7, 11) is 0. The fourth-order valence-electron chi connectivity index (χ4n) is 2.23. The molecule has 0 radical (unpaired) electrons. The number of benzene rings is 2. The Morgan fingerprint density at radius 2 is 1.71 bits per heavy atom. The van der Waals surface area contributed by atoms with Crippen LogP contribution in [0, 0.1) is 13.8 Å². The van der Waals surface area contributed by atoms with Crippen molar-refractivity contribution in [1.29, 1.82) is 0 Å². The molecule has 0 fully saturated rings. The summed E-state index contributed by atoms with van der Waals surface area (Å²) in [5.74, 6) is -0.0457. The molecular formula is C18H15NO2. The van der Waals surface area contributed by atoms with Gasteiger partial charge in [-0.25, -0.2) is 9.79 Å². The summed E-state index contributed by atoms with van der Waals surface area (Å²) >= 11 is 0. The van der Waals surface area contributed by atoms with Crippen LogP contribution in [0.2, 0.25) is 0 Å². The van der Waals surface area contributed by atoms with E-state index in [1.165, 1.54) is 0 Å². The highest BCUT2D eigenvalue weighted by Gasteiger charge is 2.24. The average molecular weight is 277 g/mol. The van der Waals surface area contributed by atoms with Crippen molar-refractivity contribution in [3.05, 3.63) is 76.5 Å². The van der Waals surface area contributed by atoms with Crippen LogP contribution in [0.1, 0.15) is 22.3 Å². The molecular weight excluding hydrogens is 262 g/mol. The minimum atomic E-state index is -0.409. The van der Waals surface area contributed by atoms with Gasteiger partial charge in [-0.2, -0.15) is 0 Å². The highest BCUT2D eigenvalue weighted by atomic mass is 16.6. The third-order valence-electron chi connectivity index (χ3n) is 3.23.